The lowest BCUT2D eigenvalue weighted by molar-refractivity contribution is 0.959. The molecule has 0 saturated heterocycles. The van der Waals surface area contributed by atoms with Crippen molar-refractivity contribution in [2.45, 2.75) is 0 Å². The summed E-state index contributed by atoms with van der Waals surface area (Å²) in [6, 6.07) is 8.07. The van der Waals surface area contributed by atoms with E-state index in [1.54, 1.807) is 4.52 Å². The molecule has 3 aromatic rings. The average Bonchev–Trinajstić information content (AvgIpc) is 2.74. The predicted molar refractivity (Wildman–Crippen MR) is 71.7 cm³/mol. The maximum Gasteiger partial charge on any atom is 0.213 e. The van der Waals surface area contributed by atoms with Crippen LogP contribution in [0.4, 0.5) is 0 Å². The summed E-state index contributed by atoms with van der Waals surface area (Å²) in [5.41, 5.74) is 2.02. The summed E-state index contributed by atoms with van der Waals surface area (Å²) in [6.45, 7) is 0. The van der Waals surface area contributed by atoms with Crippen molar-refractivity contribution < 1.29 is 0 Å². The quantitative estimate of drug-likeness (QED) is 0.658. The SMILES string of the molecule is Brc1cccc(-c2cn3nc(Br)sc3n2)c1. The first-order valence-electron chi connectivity index (χ1n) is 4.50. The molecule has 0 saturated carbocycles. The predicted octanol–water partition coefficient (Wildman–Crippen LogP) is 3.98. The van der Waals surface area contributed by atoms with Crippen LogP contribution in [0.25, 0.3) is 16.2 Å². The van der Waals surface area contributed by atoms with Crippen molar-refractivity contribution in [3.05, 3.63) is 38.9 Å². The fourth-order valence-electron chi connectivity index (χ4n) is 1.46. The van der Waals surface area contributed by atoms with Gasteiger partial charge in [-0.2, -0.15) is 0 Å². The van der Waals surface area contributed by atoms with Gasteiger partial charge in [-0.15, -0.1) is 5.10 Å². The molecule has 3 rings (SSSR count). The Morgan fingerprint density at radius 1 is 1.25 bits per heavy atom. The van der Waals surface area contributed by atoms with Crippen LogP contribution in [-0.2, 0) is 0 Å². The summed E-state index contributed by atoms with van der Waals surface area (Å²) >= 11 is 8.30. The average molecular weight is 359 g/mol. The lowest BCUT2D eigenvalue weighted by atomic mass is 10.2. The van der Waals surface area contributed by atoms with E-state index in [4.69, 9.17) is 0 Å². The van der Waals surface area contributed by atoms with Crippen molar-refractivity contribution in [1.82, 2.24) is 14.6 Å². The molecular formula is C10H5Br2N3S. The molecule has 0 atom stereocenters. The van der Waals surface area contributed by atoms with Crippen molar-refractivity contribution in [2.24, 2.45) is 0 Å². The van der Waals surface area contributed by atoms with Crippen molar-refractivity contribution in [2.75, 3.05) is 0 Å². The number of hydrogen-bond acceptors (Lipinski definition) is 3. The monoisotopic (exact) mass is 357 g/mol. The second-order valence-electron chi connectivity index (χ2n) is 3.22. The van der Waals surface area contributed by atoms with Crippen molar-refractivity contribution >= 4 is 48.2 Å². The maximum atomic E-state index is 4.51. The van der Waals surface area contributed by atoms with Gasteiger partial charge < -0.3 is 0 Å². The molecule has 3 nitrogen and oxygen atoms in total. The van der Waals surface area contributed by atoms with Crippen LogP contribution in [0.5, 0.6) is 0 Å². The van der Waals surface area contributed by atoms with Gasteiger partial charge in [0, 0.05) is 10.0 Å². The number of hydrogen-bond donors (Lipinski definition) is 0. The number of nitrogens with zero attached hydrogens (tertiary/aromatic N) is 3. The van der Waals surface area contributed by atoms with Gasteiger partial charge >= 0.3 is 0 Å². The summed E-state index contributed by atoms with van der Waals surface area (Å²) in [5, 5.41) is 4.26. The first-order chi connectivity index (χ1) is 7.72. The highest BCUT2D eigenvalue weighted by Crippen LogP contribution is 2.25. The van der Waals surface area contributed by atoms with E-state index >= 15 is 0 Å². The topological polar surface area (TPSA) is 30.2 Å². The van der Waals surface area contributed by atoms with Crippen LogP contribution in [0.1, 0.15) is 0 Å². The standard InChI is InChI=1S/C10H5Br2N3S/c11-7-3-1-2-6(4-7)8-5-15-10(13-8)16-9(12)14-15/h1-5H. The van der Waals surface area contributed by atoms with E-state index in [1.165, 1.54) is 11.3 Å². The number of rotatable bonds is 1. The van der Waals surface area contributed by atoms with Gasteiger partial charge in [0.05, 0.1) is 11.9 Å². The summed E-state index contributed by atoms with van der Waals surface area (Å²) in [5.74, 6) is 0. The second-order valence-corrected chi connectivity index (χ2v) is 6.37. The molecule has 0 bridgehead atoms. The van der Waals surface area contributed by atoms with Crippen molar-refractivity contribution in [1.29, 1.82) is 0 Å². The van der Waals surface area contributed by atoms with Crippen LogP contribution >= 0.6 is 43.2 Å². The smallest absolute Gasteiger partial charge is 0.213 e. The highest BCUT2D eigenvalue weighted by molar-refractivity contribution is 9.11. The van der Waals surface area contributed by atoms with Crippen LogP contribution in [-0.4, -0.2) is 14.6 Å². The highest BCUT2D eigenvalue weighted by Gasteiger charge is 2.08. The van der Waals surface area contributed by atoms with Gasteiger partial charge in [-0.05, 0) is 28.1 Å². The fourth-order valence-corrected chi connectivity index (χ4v) is 3.08. The van der Waals surface area contributed by atoms with Crippen molar-refractivity contribution in [3.63, 3.8) is 0 Å². The Morgan fingerprint density at radius 3 is 2.88 bits per heavy atom. The molecule has 0 aliphatic rings. The molecule has 0 amide bonds. The number of aromatic nitrogens is 3. The third-order valence-corrected chi connectivity index (χ3v) is 3.99. The molecule has 6 heteroatoms. The maximum absolute atomic E-state index is 4.51. The van der Waals surface area contributed by atoms with Gasteiger partial charge in [0.2, 0.25) is 4.96 Å². The third-order valence-electron chi connectivity index (χ3n) is 2.14. The number of halogens is 2. The lowest BCUT2D eigenvalue weighted by Crippen LogP contribution is -1.79. The Bertz CT molecular complexity index is 627. The van der Waals surface area contributed by atoms with Gasteiger partial charge in [0.1, 0.15) is 0 Å². The van der Waals surface area contributed by atoms with Gasteiger partial charge in [-0.3, -0.25) is 0 Å². The number of fused-ring (bicyclic) bond motifs is 1. The summed E-state index contributed by atoms with van der Waals surface area (Å²) in [6.07, 6.45) is 1.93. The summed E-state index contributed by atoms with van der Waals surface area (Å²) < 4.78 is 3.68. The molecule has 0 aliphatic heterocycles. The zero-order chi connectivity index (χ0) is 11.1. The van der Waals surface area contributed by atoms with Crippen LogP contribution in [0.3, 0.4) is 0 Å². The molecule has 0 N–H and O–H groups in total. The van der Waals surface area contributed by atoms with Gasteiger partial charge in [0.25, 0.3) is 0 Å². The third kappa shape index (κ3) is 1.81. The van der Waals surface area contributed by atoms with E-state index in [1.807, 2.05) is 30.5 Å². The molecule has 0 spiro atoms. The minimum Gasteiger partial charge on any atom is -0.217 e. The first kappa shape index (κ1) is 10.4. The minimum absolute atomic E-state index is 0.843. The zero-order valence-corrected chi connectivity index (χ0v) is 11.9. The fraction of sp³-hybridized carbons (Fsp3) is 0. The van der Waals surface area contributed by atoms with Gasteiger partial charge in [-0.25, -0.2) is 9.50 Å². The van der Waals surface area contributed by atoms with Gasteiger partial charge in [0.15, 0.2) is 3.92 Å². The molecule has 80 valence electrons. The van der Waals surface area contributed by atoms with Crippen molar-refractivity contribution in [3.8, 4) is 11.3 Å². The Labute approximate surface area is 112 Å². The Balaban J connectivity index is 2.15. The van der Waals surface area contributed by atoms with E-state index in [-0.39, 0.29) is 0 Å². The molecule has 16 heavy (non-hydrogen) atoms. The van der Waals surface area contributed by atoms with Crippen LogP contribution < -0.4 is 0 Å². The number of benzene rings is 1. The van der Waals surface area contributed by atoms with Gasteiger partial charge in [-0.1, -0.05) is 39.4 Å². The van der Waals surface area contributed by atoms with E-state index < -0.39 is 0 Å². The Hall–Kier alpha value is -0.720. The summed E-state index contributed by atoms with van der Waals surface area (Å²) in [4.78, 5) is 5.40. The highest BCUT2D eigenvalue weighted by atomic mass is 79.9. The molecular weight excluding hydrogens is 354 g/mol. The van der Waals surface area contributed by atoms with Crippen LogP contribution in [0.15, 0.2) is 38.9 Å². The molecule has 2 heterocycles. The lowest BCUT2D eigenvalue weighted by Gasteiger charge is -1.95. The molecule has 0 fully saturated rings. The normalized spacial score (nSPS) is 11.1. The second kappa shape index (κ2) is 3.94. The molecule has 0 radical (unpaired) electrons. The van der Waals surface area contributed by atoms with Crippen LogP contribution in [0, 0.1) is 0 Å². The van der Waals surface area contributed by atoms with E-state index in [9.17, 15) is 0 Å². The number of imidazole rings is 1. The Kier molecular flexibility index (Phi) is 2.57. The van der Waals surface area contributed by atoms with E-state index in [2.05, 4.69) is 41.9 Å². The first-order valence-corrected chi connectivity index (χ1v) is 6.90. The Morgan fingerprint density at radius 2 is 2.12 bits per heavy atom. The minimum atomic E-state index is 0.843. The molecule has 2 aromatic heterocycles. The molecule has 1 aromatic carbocycles. The zero-order valence-electron chi connectivity index (χ0n) is 7.89. The van der Waals surface area contributed by atoms with E-state index in [0.717, 1.165) is 24.6 Å². The largest absolute Gasteiger partial charge is 0.217 e. The molecule has 0 unspecified atom stereocenters. The van der Waals surface area contributed by atoms with E-state index in [0.29, 0.717) is 0 Å². The summed E-state index contributed by atoms with van der Waals surface area (Å²) in [7, 11) is 0. The molecule has 0 aliphatic carbocycles. The van der Waals surface area contributed by atoms with Crippen LogP contribution in [0.2, 0.25) is 0 Å².